The van der Waals surface area contributed by atoms with Gasteiger partial charge in [-0.25, -0.2) is 0 Å². The van der Waals surface area contributed by atoms with E-state index in [-0.39, 0.29) is 5.78 Å². The van der Waals surface area contributed by atoms with Crippen molar-refractivity contribution in [3.8, 4) is 5.75 Å². The minimum absolute atomic E-state index is 0.164. The van der Waals surface area contributed by atoms with Crippen LogP contribution in [0.4, 0.5) is 5.69 Å². The third-order valence-electron chi connectivity index (χ3n) is 5.15. The van der Waals surface area contributed by atoms with Crippen molar-refractivity contribution in [3.63, 3.8) is 0 Å². The highest BCUT2D eigenvalue weighted by Gasteiger charge is 2.24. The number of nitrogens with one attached hydrogen (secondary N) is 1. The van der Waals surface area contributed by atoms with Crippen LogP contribution in [-0.2, 0) is 14.3 Å². The van der Waals surface area contributed by atoms with E-state index in [0.29, 0.717) is 11.3 Å². The number of para-hydroxylation sites is 1. The van der Waals surface area contributed by atoms with Crippen molar-refractivity contribution in [2.75, 3.05) is 12.4 Å². The molecule has 1 N–H and O–H groups in total. The van der Waals surface area contributed by atoms with Crippen LogP contribution in [0, 0.1) is 0 Å². The Kier molecular flexibility index (Phi) is 6.70. The lowest BCUT2D eigenvalue weighted by Crippen LogP contribution is -2.31. The fourth-order valence-corrected chi connectivity index (χ4v) is 3.24. The number of carbonyl (C=O) groups is 3. The number of amides is 1. The summed E-state index contributed by atoms with van der Waals surface area (Å²) < 4.78 is 10.6. The van der Waals surface area contributed by atoms with E-state index in [1.165, 1.54) is 13.8 Å². The summed E-state index contributed by atoms with van der Waals surface area (Å²) in [4.78, 5) is 36.9. The standard InChI is InChI=1S/C25H25NO5/c1-15(18-9-10-20-14-21(30-4)12-11-19(20)13-18)25(29)31-17(3)24(28)26-23-8-6-5-7-22(23)16(2)27/h5-15,17H,1-4H3,(H,26,28)/t15-,17+/m0/s1. The van der Waals surface area contributed by atoms with Gasteiger partial charge in [0.25, 0.3) is 5.91 Å². The number of ether oxygens (including phenoxy) is 2. The van der Waals surface area contributed by atoms with E-state index in [1.54, 1.807) is 38.3 Å². The molecule has 160 valence electrons. The van der Waals surface area contributed by atoms with Crippen molar-refractivity contribution in [3.05, 3.63) is 71.8 Å². The summed E-state index contributed by atoms with van der Waals surface area (Å²) in [6.45, 7) is 4.67. The first kappa shape index (κ1) is 22.0. The molecule has 0 saturated heterocycles. The Morgan fingerprint density at radius 3 is 2.29 bits per heavy atom. The van der Waals surface area contributed by atoms with Crippen molar-refractivity contribution in [1.29, 1.82) is 0 Å². The average molecular weight is 419 g/mol. The Hall–Kier alpha value is -3.67. The summed E-state index contributed by atoms with van der Waals surface area (Å²) >= 11 is 0. The lowest BCUT2D eigenvalue weighted by atomic mass is 9.98. The molecular weight excluding hydrogens is 394 g/mol. The molecular formula is C25H25NO5. The molecule has 0 aliphatic heterocycles. The molecule has 0 bridgehead atoms. The molecule has 0 unspecified atom stereocenters. The molecule has 1 amide bonds. The zero-order valence-corrected chi connectivity index (χ0v) is 18.0. The number of hydrogen-bond donors (Lipinski definition) is 1. The van der Waals surface area contributed by atoms with Crippen LogP contribution in [0.3, 0.4) is 0 Å². The lowest BCUT2D eigenvalue weighted by Gasteiger charge is -2.18. The van der Waals surface area contributed by atoms with E-state index in [9.17, 15) is 14.4 Å². The molecule has 6 nitrogen and oxygen atoms in total. The van der Waals surface area contributed by atoms with E-state index in [2.05, 4.69) is 5.32 Å². The molecule has 3 rings (SSSR count). The predicted octanol–water partition coefficient (Wildman–Crippen LogP) is 4.72. The van der Waals surface area contributed by atoms with Crippen LogP contribution in [0.25, 0.3) is 10.8 Å². The molecule has 0 aromatic heterocycles. The maximum atomic E-state index is 12.6. The molecule has 6 heteroatoms. The number of benzene rings is 3. The van der Waals surface area contributed by atoms with Gasteiger partial charge in [0.05, 0.1) is 18.7 Å². The van der Waals surface area contributed by atoms with Crippen LogP contribution in [0.1, 0.15) is 42.6 Å². The first-order chi connectivity index (χ1) is 14.8. The smallest absolute Gasteiger partial charge is 0.313 e. The van der Waals surface area contributed by atoms with E-state index in [1.807, 2.05) is 36.4 Å². The second-order valence-electron chi connectivity index (χ2n) is 7.36. The molecule has 3 aromatic rings. The van der Waals surface area contributed by atoms with Crippen LogP contribution < -0.4 is 10.1 Å². The topological polar surface area (TPSA) is 81.7 Å². The van der Waals surface area contributed by atoms with Gasteiger partial charge in [0.15, 0.2) is 11.9 Å². The maximum absolute atomic E-state index is 12.6. The molecule has 0 saturated carbocycles. The summed E-state index contributed by atoms with van der Waals surface area (Å²) in [5.41, 5.74) is 1.58. The largest absolute Gasteiger partial charge is 0.497 e. The van der Waals surface area contributed by atoms with Crippen LogP contribution in [0.5, 0.6) is 5.75 Å². The number of anilines is 1. The van der Waals surface area contributed by atoms with Crippen LogP contribution in [-0.4, -0.2) is 30.9 Å². The molecule has 0 aliphatic carbocycles. The summed E-state index contributed by atoms with van der Waals surface area (Å²) in [6, 6.07) is 18.1. The van der Waals surface area contributed by atoms with Gasteiger partial charge in [-0.1, -0.05) is 36.4 Å². The number of rotatable bonds is 7. The van der Waals surface area contributed by atoms with Gasteiger partial charge in [0.1, 0.15) is 5.75 Å². The van der Waals surface area contributed by atoms with Crippen molar-refractivity contribution in [1.82, 2.24) is 0 Å². The van der Waals surface area contributed by atoms with Gasteiger partial charge >= 0.3 is 5.97 Å². The first-order valence-electron chi connectivity index (χ1n) is 9.99. The Morgan fingerprint density at radius 1 is 0.903 bits per heavy atom. The number of fused-ring (bicyclic) bond motifs is 1. The highest BCUT2D eigenvalue weighted by atomic mass is 16.5. The second-order valence-corrected chi connectivity index (χ2v) is 7.36. The van der Waals surface area contributed by atoms with Gasteiger partial charge in [-0.15, -0.1) is 0 Å². The Bertz CT molecular complexity index is 1140. The van der Waals surface area contributed by atoms with Crippen molar-refractivity contribution >= 4 is 34.1 Å². The summed E-state index contributed by atoms with van der Waals surface area (Å²) in [7, 11) is 1.61. The summed E-state index contributed by atoms with van der Waals surface area (Å²) in [6.07, 6.45) is -1.01. The van der Waals surface area contributed by atoms with Gasteiger partial charge < -0.3 is 14.8 Å². The SMILES string of the molecule is COc1ccc2cc([C@H](C)C(=O)O[C@H](C)C(=O)Nc3ccccc3C(C)=O)ccc2c1. The maximum Gasteiger partial charge on any atom is 0.313 e. The van der Waals surface area contributed by atoms with Crippen molar-refractivity contribution in [2.45, 2.75) is 32.8 Å². The van der Waals surface area contributed by atoms with Gasteiger partial charge in [-0.2, -0.15) is 0 Å². The van der Waals surface area contributed by atoms with E-state index < -0.39 is 23.9 Å². The number of methoxy groups -OCH3 is 1. The molecule has 0 fully saturated rings. The zero-order chi connectivity index (χ0) is 22.5. The predicted molar refractivity (Wildman–Crippen MR) is 120 cm³/mol. The Morgan fingerprint density at radius 2 is 1.58 bits per heavy atom. The van der Waals surface area contributed by atoms with Crippen LogP contribution in [0.15, 0.2) is 60.7 Å². The normalized spacial score (nSPS) is 12.6. The number of hydrogen-bond acceptors (Lipinski definition) is 5. The Labute approximate surface area is 181 Å². The van der Waals surface area contributed by atoms with E-state index in [0.717, 1.165) is 22.1 Å². The number of esters is 1. The molecule has 2 atom stereocenters. The minimum atomic E-state index is -1.01. The fraction of sp³-hybridized carbons (Fsp3) is 0.240. The summed E-state index contributed by atoms with van der Waals surface area (Å²) in [5, 5.41) is 4.64. The molecule has 0 spiro atoms. The van der Waals surface area contributed by atoms with Crippen molar-refractivity contribution in [2.24, 2.45) is 0 Å². The van der Waals surface area contributed by atoms with Gasteiger partial charge in [0.2, 0.25) is 0 Å². The first-order valence-corrected chi connectivity index (χ1v) is 9.99. The molecule has 0 aliphatic rings. The molecule has 0 heterocycles. The fourth-order valence-electron chi connectivity index (χ4n) is 3.24. The number of carbonyl (C=O) groups excluding carboxylic acids is 3. The lowest BCUT2D eigenvalue weighted by molar-refractivity contribution is -0.154. The third kappa shape index (κ3) is 5.09. The molecule has 3 aromatic carbocycles. The second kappa shape index (κ2) is 9.43. The van der Waals surface area contributed by atoms with Crippen molar-refractivity contribution < 1.29 is 23.9 Å². The quantitative estimate of drug-likeness (QED) is 0.442. The highest BCUT2D eigenvalue weighted by Crippen LogP contribution is 2.26. The van der Waals surface area contributed by atoms with E-state index in [4.69, 9.17) is 9.47 Å². The van der Waals surface area contributed by atoms with E-state index >= 15 is 0 Å². The minimum Gasteiger partial charge on any atom is -0.497 e. The van der Waals surface area contributed by atoms with Crippen LogP contribution in [0.2, 0.25) is 0 Å². The van der Waals surface area contributed by atoms with Gasteiger partial charge in [0, 0.05) is 5.56 Å². The van der Waals surface area contributed by atoms with Gasteiger partial charge in [-0.3, -0.25) is 14.4 Å². The third-order valence-corrected chi connectivity index (χ3v) is 5.15. The van der Waals surface area contributed by atoms with Crippen LogP contribution >= 0.6 is 0 Å². The Balaban J connectivity index is 1.68. The average Bonchev–Trinajstić information content (AvgIpc) is 2.77. The molecule has 0 radical (unpaired) electrons. The highest BCUT2D eigenvalue weighted by molar-refractivity contribution is 6.04. The monoisotopic (exact) mass is 419 g/mol. The zero-order valence-electron chi connectivity index (χ0n) is 18.0. The molecule has 31 heavy (non-hydrogen) atoms. The van der Waals surface area contributed by atoms with Gasteiger partial charge in [-0.05, 0) is 61.4 Å². The summed E-state index contributed by atoms with van der Waals surface area (Å²) in [5.74, 6) is -0.955. The number of Topliss-reactive ketones (excluding diaryl/α,β-unsaturated/α-hetero) is 1. The number of ketones is 1.